The van der Waals surface area contributed by atoms with Crippen LogP contribution in [0.5, 0.6) is 5.75 Å². The molecule has 2 amide bonds. The molecule has 0 aliphatic carbocycles. The average molecular weight is 453 g/mol. The van der Waals surface area contributed by atoms with Crippen LogP contribution in [-0.2, 0) is 22.5 Å². The Morgan fingerprint density at radius 1 is 1.16 bits per heavy atom. The zero-order valence-corrected chi connectivity index (χ0v) is 19.0. The molecule has 0 saturated heterocycles. The minimum absolute atomic E-state index is 0.0202. The number of nitrogens with one attached hydrogen (secondary N) is 1. The number of hydrogen-bond donors (Lipinski definition) is 1. The Morgan fingerprint density at radius 2 is 1.88 bits per heavy atom. The van der Waals surface area contributed by atoms with Crippen LogP contribution in [0, 0.1) is 0 Å². The summed E-state index contributed by atoms with van der Waals surface area (Å²) in [5.74, 6) is -0.418. The van der Waals surface area contributed by atoms with Crippen molar-refractivity contribution >= 4 is 44.9 Å². The van der Waals surface area contributed by atoms with Crippen LogP contribution in [0.2, 0.25) is 0 Å². The Kier molecular flexibility index (Phi) is 6.14. The third-order valence-electron chi connectivity index (χ3n) is 5.52. The van der Waals surface area contributed by atoms with Crippen LogP contribution in [-0.4, -0.2) is 42.9 Å². The normalized spacial score (nSPS) is 12.9. The van der Waals surface area contributed by atoms with Gasteiger partial charge in [-0.2, -0.15) is 0 Å². The van der Waals surface area contributed by atoms with Crippen LogP contribution in [0.15, 0.2) is 36.4 Å². The molecule has 0 spiro atoms. The number of hydrogen-bond acceptors (Lipinski definition) is 6. The van der Waals surface area contributed by atoms with Crippen molar-refractivity contribution in [2.75, 3.05) is 25.6 Å². The molecule has 0 atom stereocenters. The number of carbonyl (C=O) groups is 3. The third kappa shape index (κ3) is 4.05. The predicted molar refractivity (Wildman–Crippen MR) is 124 cm³/mol. The maximum Gasteiger partial charge on any atom is 0.341 e. The number of nitrogens with zero attached hydrogens (tertiary/aromatic N) is 1. The summed E-state index contributed by atoms with van der Waals surface area (Å²) in [6, 6.07) is 11.3. The molecule has 0 bridgehead atoms. The van der Waals surface area contributed by atoms with Gasteiger partial charge < -0.3 is 19.7 Å². The Labute approximate surface area is 189 Å². The van der Waals surface area contributed by atoms with Crippen LogP contribution in [0.4, 0.5) is 5.00 Å². The molecular formula is C24H24N2O5S. The lowest BCUT2D eigenvalue weighted by atomic mass is 10.0. The monoisotopic (exact) mass is 452 g/mol. The molecule has 8 heteroatoms. The van der Waals surface area contributed by atoms with Gasteiger partial charge in [-0.3, -0.25) is 9.59 Å². The third-order valence-corrected chi connectivity index (χ3v) is 6.65. The molecule has 32 heavy (non-hydrogen) atoms. The maximum atomic E-state index is 13.3. The largest absolute Gasteiger partial charge is 0.496 e. The van der Waals surface area contributed by atoms with Crippen LogP contribution in [0.25, 0.3) is 10.8 Å². The number of anilines is 1. The van der Waals surface area contributed by atoms with Crippen molar-refractivity contribution in [3.05, 3.63) is 58.0 Å². The van der Waals surface area contributed by atoms with Crippen molar-refractivity contribution in [3.63, 3.8) is 0 Å². The summed E-state index contributed by atoms with van der Waals surface area (Å²) in [6.45, 7) is 4.44. The first-order valence-electron chi connectivity index (χ1n) is 10.4. The number of benzene rings is 2. The zero-order valence-electron chi connectivity index (χ0n) is 18.2. The van der Waals surface area contributed by atoms with E-state index >= 15 is 0 Å². The second kappa shape index (κ2) is 9.00. The molecule has 0 unspecified atom stereocenters. The molecule has 2 aromatic carbocycles. The van der Waals surface area contributed by atoms with Crippen molar-refractivity contribution in [3.8, 4) is 5.75 Å². The van der Waals surface area contributed by atoms with Crippen molar-refractivity contribution in [1.82, 2.24) is 4.90 Å². The van der Waals surface area contributed by atoms with Crippen molar-refractivity contribution < 1.29 is 23.9 Å². The van der Waals surface area contributed by atoms with Gasteiger partial charge in [0.15, 0.2) is 0 Å². The number of rotatable bonds is 5. The lowest BCUT2D eigenvalue weighted by molar-refractivity contribution is -0.129. The second-order valence-electron chi connectivity index (χ2n) is 7.47. The Morgan fingerprint density at radius 3 is 2.53 bits per heavy atom. The van der Waals surface area contributed by atoms with E-state index in [-0.39, 0.29) is 18.4 Å². The maximum absolute atomic E-state index is 13.3. The summed E-state index contributed by atoms with van der Waals surface area (Å²) in [7, 11) is 1.52. The van der Waals surface area contributed by atoms with Gasteiger partial charge in [0.25, 0.3) is 5.91 Å². The Bertz CT molecular complexity index is 1220. The van der Waals surface area contributed by atoms with Gasteiger partial charge in [-0.05, 0) is 41.8 Å². The second-order valence-corrected chi connectivity index (χ2v) is 8.58. The first-order chi connectivity index (χ1) is 15.4. The zero-order chi connectivity index (χ0) is 22.8. The van der Waals surface area contributed by atoms with E-state index in [2.05, 4.69) is 5.32 Å². The summed E-state index contributed by atoms with van der Waals surface area (Å²) in [5.41, 5.74) is 1.59. The highest BCUT2D eigenvalue weighted by molar-refractivity contribution is 7.17. The van der Waals surface area contributed by atoms with E-state index in [1.807, 2.05) is 30.3 Å². The van der Waals surface area contributed by atoms with E-state index in [1.165, 1.54) is 25.4 Å². The lowest BCUT2D eigenvalue weighted by Crippen LogP contribution is -2.34. The molecule has 0 saturated carbocycles. The van der Waals surface area contributed by atoms with E-state index in [0.29, 0.717) is 41.4 Å². The van der Waals surface area contributed by atoms with Gasteiger partial charge >= 0.3 is 5.97 Å². The van der Waals surface area contributed by atoms with Crippen LogP contribution >= 0.6 is 11.3 Å². The predicted octanol–water partition coefficient (Wildman–Crippen LogP) is 4.24. The lowest BCUT2D eigenvalue weighted by Gasteiger charge is -2.25. The van der Waals surface area contributed by atoms with Gasteiger partial charge in [0.2, 0.25) is 5.91 Å². The fourth-order valence-corrected chi connectivity index (χ4v) is 5.16. The number of esters is 1. The van der Waals surface area contributed by atoms with Crippen LogP contribution < -0.4 is 10.1 Å². The highest BCUT2D eigenvalue weighted by Gasteiger charge is 2.30. The summed E-state index contributed by atoms with van der Waals surface area (Å²) in [4.78, 5) is 40.5. The topological polar surface area (TPSA) is 84.9 Å². The summed E-state index contributed by atoms with van der Waals surface area (Å²) in [5, 5.41) is 5.20. The molecule has 0 fully saturated rings. The smallest absolute Gasteiger partial charge is 0.341 e. The molecule has 4 rings (SSSR count). The van der Waals surface area contributed by atoms with E-state index < -0.39 is 5.97 Å². The molecule has 166 valence electrons. The van der Waals surface area contributed by atoms with Crippen LogP contribution in [0.3, 0.4) is 0 Å². The summed E-state index contributed by atoms with van der Waals surface area (Å²) < 4.78 is 10.7. The minimum atomic E-state index is -0.470. The Hall–Kier alpha value is -3.39. The van der Waals surface area contributed by atoms with E-state index in [1.54, 1.807) is 17.9 Å². The van der Waals surface area contributed by atoms with Gasteiger partial charge in [-0.25, -0.2) is 4.79 Å². The molecule has 1 N–H and O–H groups in total. The molecule has 7 nitrogen and oxygen atoms in total. The van der Waals surface area contributed by atoms with Gasteiger partial charge in [-0.1, -0.05) is 24.3 Å². The SMILES string of the molecule is CCOC(=O)c1c(NC(=O)c2cc3ccccc3cc2OC)sc2c1CCN(C(C)=O)C2. The fourth-order valence-electron chi connectivity index (χ4n) is 3.92. The van der Waals surface area contributed by atoms with E-state index in [9.17, 15) is 14.4 Å². The van der Waals surface area contributed by atoms with Gasteiger partial charge in [0, 0.05) is 18.3 Å². The number of ether oxygens (including phenoxy) is 2. The molecule has 0 radical (unpaired) electrons. The average Bonchev–Trinajstić information content (AvgIpc) is 3.15. The molecule has 1 aliphatic rings. The van der Waals surface area contributed by atoms with E-state index in [0.717, 1.165) is 21.2 Å². The van der Waals surface area contributed by atoms with Crippen molar-refractivity contribution in [2.45, 2.75) is 26.8 Å². The quantitative estimate of drug-likeness (QED) is 0.585. The molecule has 3 aromatic rings. The van der Waals surface area contributed by atoms with Gasteiger partial charge in [0.1, 0.15) is 10.8 Å². The van der Waals surface area contributed by atoms with Crippen molar-refractivity contribution in [1.29, 1.82) is 0 Å². The highest BCUT2D eigenvalue weighted by atomic mass is 32.1. The number of fused-ring (bicyclic) bond motifs is 2. The Balaban J connectivity index is 1.72. The summed E-state index contributed by atoms with van der Waals surface area (Å²) >= 11 is 1.31. The molecular weight excluding hydrogens is 428 g/mol. The van der Waals surface area contributed by atoms with Gasteiger partial charge in [0.05, 0.1) is 31.4 Å². The molecule has 1 aliphatic heterocycles. The standard InChI is InChI=1S/C24H24N2O5S/c1-4-31-24(29)21-17-9-10-26(14(2)27)13-20(17)32-23(21)25-22(28)18-11-15-7-5-6-8-16(15)12-19(18)30-3/h5-8,11-12H,4,9-10,13H2,1-3H3,(H,25,28). The first-order valence-corrected chi connectivity index (χ1v) is 11.2. The first kappa shape index (κ1) is 21.8. The van der Waals surface area contributed by atoms with Gasteiger partial charge in [-0.15, -0.1) is 11.3 Å². The summed E-state index contributed by atoms with van der Waals surface area (Å²) in [6.07, 6.45) is 0.536. The fraction of sp³-hybridized carbons (Fsp3) is 0.292. The van der Waals surface area contributed by atoms with Crippen molar-refractivity contribution in [2.24, 2.45) is 0 Å². The number of amides is 2. The molecule has 2 heterocycles. The minimum Gasteiger partial charge on any atom is -0.496 e. The number of thiophene rings is 1. The number of carbonyl (C=O) groups excluding carboxylic acids is 3. The van der Waals surface area contributed by atoms with E-state index in [4.69, 9.17) is 9.47 Å². The van der Waals surface area contributed by atoms with Crippen LogP contribution in [0.1, 0.15) is 45.0 Å². The highest BCUT2D eigenvalue weighted by Crippen LogP contribution is 2.38. The molecule has 1 aromatic heterocycles. The number of methoxy groups -OCH3 is 1.